The highest BCUT2D eigenvalue weighted by Gasteiger charge is 2.16. The molecule has 118 valence electrons. The number of hydrogen-bond donors (Lipinski definition) is 0. The van der Waals surface area contributed by atoms with Crippen LogP contribution < -0.4 is 0 Å². The molecule has 0 aliphatic carbocycles. The van der Waals surface area contributed by atoms with Crippen LogP contribution in [0.15, 0.2) is 18.2 Å². The molecule has 0 aromatic heterocycles. The molecule has 4 heteroatoms. The maximum absolute atomic E-state index is 6.06. The number of unbranched alkanes of at least 4 members (excludes halogenated alkanes) is 2. The number of nitrogens with zero attached hydrogens (tertiary/aromatic N) is 2. The van der Waals surface area contributed by atoms with Gasteiger partial charge in [0.25, 0.3) is 0 Å². The van der Waals surface area contributed by atoms with E-state index >= 15 is 0 Å². The van der Waals surface area contributed by atoms with Gasteiger partial charge in [0, 0.05) is 32.7 Å². The number of rotatable bonds is 7. The Bertz CT molecular complexity index is 429. The monoisotopic (exact) mass is 328 g/mol. The summed E-state index contributed by atoms with van der Waals surface area (Å²) in [5, 5.41) is 1.30. The fourth-order valence-electron chi connectivity index (χ4n) is 2.80. The van der Waals surface area contributed by atoms with E-state index in [4.69, 9.17) is 23.2 Å². The van der Waals surface area contributed by atoms with Gasteiger partial charge >= 0.3 is 0 Å². The number of halogens is 2. The summed E-state index contributed by atoms with van der Waals surface area (Å²) in [6.45, 7) is 9.45. The Balaban J connectivity index is 1.67. The summed E-state index contributed by atoms with van der Waals surface area (Å²) in [7, 11) is 0. The molecule has 1 heterocycles. The third-order valence-electron chi connectivity index (χ3n) is 4.24. The lowest BCUT2D eigenvalue weighted by molar-refractivity contribution is 0.132. The van der Waals surface area contributed by atoms with Crippen molar-refractivity contribution in [2.75, 3.05) is 39.3 Å². The van der Waals surface area contributed by atoms with E-state index in [1.807, 2.05) is 12.1 Å². The molecule has 0 bridgehead atoms. The van der Waals surface area contributed by atoms with Crippen molar-refractivity contribution in [3.63, 3.8) is 0 Å². The van der Waals surface area contributed by atoms with E-state index in [1.165, 1.54) is 57.5 Å². The standard InChI is InChI=1S/C17H26Cl2N2/c1-2-3-4-8-20-10-12-21(13-11-20)9-7-15-5-6-16(18)17(19)14-15/h5-6,14H,2-4,7-13H2,1H3. The molecule has 0 atom stereocenters. The molecule has 1 fully saturated rings. The summed E-state index contributed by atoms with van der Waals surface area (Å²) in [6.07, 6.45) is 5.06. The zero-order valence-electron chi connectivity index (χ0n) is 13.0. The predicted octanol–water partition coefficient (Wildman–Crippen LogP) is 4.34. The van der Waals surface area contributed by atoms with Crippen LogP contribution in [0.2, 0.25) is 10.0 Å². The summed E-state index contributed by atoms with van der Waals surface area (Å²) in [5.41, 5.74) is 1.27. The van der Waals surface area contributed by atoms with Gasteiger partial charge in [-0.2, -0.15) is 0 Å². The lowest BCUT2D eigenvalue weighted by Crippen LogP contribution is -2.47. The summed E-state index contributed by atoms with van der Waals surface area (Å²) in [4.78, 5) is 5.16. The normalized spacial score (nSPS) is 17.3. The topological polar surface area (TPSA) is 6.48 Å². The molecule has 0 spiro atoms. The molecule has 1 saturated heterocycles. The van der Waals surface area contributed by atoms with Crippen molar-refractivity contribution in [2.24, 2.45) is 0 Å². The number of benzene rings is 1. The van der Waals surface area contributed by atoms with Gasteiger partial charge in [-0.1, -0.05) is 49.0 Å². The van der Waals surface area contributed by atoms with Crippen molar-refractivity contribution in [1.29, 1.82) is 0 Å². The lowest BCUT2D eigenvalue weighted by Gasteiger charge is -2.34. The van der Waals surface area contributed by atoms with Gasteiger partial charge in [0.05, 0.1) is 10.0 Å². The summed E-state index contributed by atoms with van der Waals surface area (Å²) in [6, 6.07) is 5.96. The van der Waals surface area contributed by atoms with Crippen LogP contribution in [0.3, 0.4) is 0 Å². The third kappa shape index (κ3) is 5.78. The molecule has 0 amide bonds. The molecule has 2 nitrogen and oxygen atoms in total. The van der Waals surface area contributed by atoms with Gasteiger partial charge < -0.3 is 9.80 Å². The Morgan fingerprint density at radius 2 is 1.57 bits per heavy atom. The molecular weight excluding hydrogens is 303 g/mol. The highest BCUT2D eigenvalue weighted by atomic mass is 35.5. The van der Waals surface area contributed by atoms with Gasteiger partial charge in [0.2, 0.25) is 0 Å². The van der Waals surface area contributed by atoms with Crippen molar-refractivity contribution < 1.29 is 0 Å². The third-order valence-corrected chi connectivity index (χ3v) is 4.98. The first-order chi connectivity index (χ1) is 10.2. The second-order valence-corrected chi connectivity index (χ2v) is 6.70. The van der Waals surface area contributed by atoms with E-state index in [2.05, 4.69) is 22.8 Å². The Kier molecular flexibility index (Phi) is 7.31. The van der Waals surface area contributed by atoms with Crippen LogP contribution in [0.4, 0.5) is 0 Å². The summed E-state index contributed by atoms with van der Waals surface area (Å²) >= 11 is 12.0. The molecule has 1 aromatic rings. The lowest BCUT2D eigenvalue weighted by atomic mass is 10.1. The van der Waals surface area contributed by atoms with Crippen molar-refractivity contribution in [3.8, 4) is 0 Å². The summed E-state index contributed by atoms with van der Waals surface area (Å²) in [5.74, 6) is 0. The zero-order chi connectivity index (χ0) is 15.1. The molecule has 1 aliphatic rings. The van der Waals surface area contributed by atoms with Crippen LogP contribution in [-0.2, 0) is 6.42 Å². The van der Waals surface area contributed by atoms with E-state index in [9.17, 15) is 0 Å². The minimum Gasteiger partial charge on any atom is -0.301 e. The van der Waals surface area contributed by atoms with Gasteiger partial charge in [-0.05, 0) is 37.1 Å². The quantitative estimate of drug-likeness (QED) is 0.687. The maximum Gasteiger partial charge on any atom is 0.0595 e. The number of hydrogen-bond acceptors (Lipinski definition) is 2. The van der Waals surface area contributed by atoms with E-state index in [0.29, 0.717) is 10.0 Å². The number of piperazine rings is 1. The van der Waals surface area contributed by atoms with Crippen molar-refractivity contribution in [2.45, 2.75) is 32.6 Å². The molecule has 1 aliphatic heterocycles. The summed E-state index contributed by atoms with van der Waals surface area (Å²) < 4.78 is 0. The van der Waals surface area contributed by atoms with E-state index in [1.54, 1.807) is 0 Å². The van der Waals surface area contributed by atoms with Crippen LogP contribution in [0.1, 0.15) is 31.7 Å². The van der Waals surface area contributed by atoms with Crippen LogP contribution in [0.25, 0.3) is 0 Å². The average Bonchev–Trinajstić information content (AvgIpc) is 2.50. The molecule has 1 aromatic carbocycles. The Labute approximate surface area is 139 Å². The highest BCUT2D eigenvalue weighted by molar-refractivity contribution is 6.42. The van der Waals surface area contributed by atoms with Crippen LogP contribution >= 0.6 is 23.2 Å². The highest BCUT2D eigenvalue weighted by Crippen LogP contribution is 2.22. The Morgan fingerprint density at radius 1 is 0.905 bits per heavy atom. The van der Waals surface area contributed by atoms with E-state index < -0.39 is 0 Å². The second-order valence-electron chi connectivity index (χ2n) is 5.89. The van der Waals surface area contributed by atoms with E-state index in [-0.39, 0.29) is 0 Å². The average molecular weight is 329 g/mol. The zero-order valence-corrected chi connectivity index (χ0v) is 14.5. The molecule has 2 rings (SSSR count). The Hall–Kier alpha value is -0.280. The predicted molar refractivity (Wildman–Crippen MR) is 92.6 cm³/mol. The maximum atomic E-state index is 6.06. The molecule has 0 saturated carbocycles. The fraction of sp³-hybridized carbons (Fsp3) is 0.647. The second kappa shape index (κ2) is 8.99. The molecular formula is C17H26Cl2N2. The Morgan fingerprint density at radius 3 is 2.19 bits per heavy atom. The first-order valence-electron chi connectivity index (χ1n) is 8.07. The van der Waals surface area contributed by atoms with Crippen LogP contribution in [0, 0.1) is 0 Å². The minimum absolute atomic E-state index is 0.640. The van der Waals surface area contributed by atoms with Crippen molar-refractivity contribution in [1.82, 2.24) is 9.80 Å². The molecule has 0 N–H and O–H groups in total. The first kappa shape index (κ1) is 17.1. The van der Waals surface area contributed by atoms with Gasteiger partial charge in [-0.15, -0.1) is 0 Å². The van der Waals surface area contributed by atoms with Gasteiger partial charge in [0.1, 0.15) is 0 Å². The van der Waals surface area contributed by atoms with Gasteiger partial charge in [-0.25, -0.2) is 0 Å². The molecule has 21 heavy (non-hydrogen) atoms. The fourth-order valence-corrected chi connectivity index (χ4v) is 3.12. The largest absolute Gasteiger partial charge is 0.301 e. The van der Waals surface area contributed by atoms with Crippen molar-refractivity contribution in [3.05, 3.63) is 33.8 Å². The first-order valence-corrected chi connectivity index (χ1v) is 8.83. The molecule has 0 radical (unpaired) electrons. The SMILES string of the molecule is CCCCCN1CCN(CCc2ccc(Cl)c(Cl)c2)CC1. The van der Waals surface area contributed by atoms with Crippen LogP contribution in [0.5, 0.6) is 0 Å². The smallest absolute Gasteiger partial charge is 0.0595 e. The van der Waals surface area contributed by atoms with Gasteiger partial charge in [-0.3, -0.25) is 0 Å². The minimum atomic E-state index is 0.640. The van der Waals surface area contributed by atoms with Crippen LogP contribution in [-0.4, -0.2) is 49.1 Å². The van der Waals surface area contributed by atoms with E-state index in [0.717, 1.165) is 13.0 Å². The molecule has 0 unspecified atom stereocenters. The van der Waals surface area contributed by atoms with Gasteiger partial charge in [0.15, 0.2) is 0 Å². The van der Waals surface area contributed by atoms with Crippen molar-refractivity contribution >= 4 is 23.2 Å².